The fourth-order valence-corrected chi connectivity index (χ4v) is 4.33. The van der Waals surface area contributed by atoms with Crippen molar-refractivity contribution in [3.05, 3.63) is 128 Å². The molecule has 2 heterocycles. The molecule has 0 spiro atoms. The van der Waals surface area contributed by atoms with Crippen LogP contribution < -0.4 is 16.5 Å². The molecule has 1 amide bonds. The lowest BCUT2D eigenvalue weighted by molar-refractivity contribution is 0.102. The summed E-state index contributed by atoms with van der Waals surface area (Å²) in [6, 6.07) is 26.6. The molecule has 0 fully saturated rings. The van der Waals surface area contributed by atoms with E-state index < -0.39 is 17.1 Å². The van der Waals surface area contributed by atoms with Gasteiger partial charge in [0.25, 0.3) is 11.5 Å². The summed E-state index contributed by atoms with van der Waals surface area (Å²) in [4.78, 5) is 39.6. The highest BCUT2D eigenvalue weighted by atomic mass is 32.1. The van der Waals surface area contributed by atoms with Crippen molar-refractivity contribution < 1.29 is 9.21 Å². The van der Waals surface area contributed by atoms with E-state index in [1.807, 2.05) is 24.3 Å². The van der Waals surface area contributed by atoms with Crippen LogP contribution in [-0.4, -0.2) is 15.0 Å². The number of rotatable bonds is 4. The summed E-state index contributed by atoms with van der Waals surface area (Å²) in [5.74, 6) is -0.487. The Morgan fingerprint density at radius 2 is 1.31 bits per heavy atom. The molecule has 0 atom stereocenters. The average molecular weight is 482 g/mol. The fraction of sp³-hybridized carbons (Fsp3) is 0.0370. The van der Waals surface area contributed by atoms with Gasteiger partial charge in [0.2, 0.25) is 5.71 Å². The van der Waals surface area contributed by atoms with Crippen molar-refractivity contribution in [2.45, 2.75) is 6.92 Å². The van der Waals surface area contributed by atoms with Crippen LogP contribution in [0.15, 0.2) is 105 Å². The minimum atomic E-state index is -0.782. The van der Waals surface area contributed by atoms with Crippen molar-refractivity contribution in [2.75, 3.05) is 5.32 Å². The summed E-state index contributed by atoms with van der Waals surface area (Å²) < 4.78 is 8.74. The molecule has 0 unspecified atom stereocenters. The number of carbonyl (C=O) groups excluding carboxylic acids is 1. The van der Waals surface area contributed by atoms with Gasteiger partial charge in [-0.1, -0.05) is 54.6 Å². The Labute approximate surface area is 204 Å². The Morgan fingerprint density at radius 3 is 1.89 bits per heavy atom. The minimum absolute atomic E-state index is 0.0126. The van der Waals surface area contributed by atoms with Gasteiger partial charge in [-0.05, 0) is 61.1 Å². The van der Waals surface area contributed by atoms with Gasteiger partial charge in [-0.2, -0.15) is 0 Å². The first-order valence-electron chi connectivity index (χ1n) is 10.8. The van der Waals surface area contributed by atoms with Crippen LogP contribution in [0.25, 0.3) is 22.5 Å². The van der Waals surface area contributed by atoms with Gasteiger partial charge in [0.1, 0.15) is 11.1 Å². The van der Waals surface area contributed by atoms with Crippen LogP contribution in [0, 0.1) is 11.7 Å². The van der Waals surface area contributed by atoms with E-state index in [4.69, 9.17) is 16.6 Å². The average Bonchev–Trinajstić information content (AvgIpc) is 2.88. The van der Waals surface area contributed by atoms with Gasteiger partial charge in [0.05, 0.1) is 11.4 Å². The van der Waals surface area contributed by atoms with Gasteiger partial charge < -0.3 is 9.73 Å². The van der Waals surface area contributed by atoms with Crippen molar-refractivity contribution in [3.63, 3.8) is 0 Å². The second-order valence-electron chi connectivity index (χ2n) is 7.82. The molecular weight excluding hydrogens is 462 g/mol. The summed E-state index contributed by atoms with van der Waals surface area (Å²) in [6.45, 7) is 1.61. The number of aromatic nitrogens is 2. The highest BCUT2D eigenvalue weighted by Gasteiger charge is 2.22. The molecule has 0 bridgehead atoms. The molecule has 0 radical (unpaired) electrons. The maximum atomic E-state index is 13.8. The zero-order chi connectivity index (χ0) is 24.5. The van der Waals surface area contributed by atoms with Crippen molar-refractivity contribution in [1.82, 2.24) is 9.13 Å². The van der Waals surface area contributed by atoms with Crippen molar-refractivity contribution in [2.24, 2.45) is 0 Å². The van der Waals surface area contributed by atoms with E-state index in [0.29, 0.717) is 16.9 Å². The Kier molecular flexibility index (Phi) is 5.72. The highest BCUT2D eigenvalue weighted by molar-refractivity contribution is 7.71. The summed E-state index contributed by atoms with van der Waals surface area (Å²) in [5, 5.41) is 2.75. The zero-order valence-corrected chi connectivity index (χ0v) is 19.4. The van der Waals surface area contributed by atoms with Crippen molar-refractivity contribution in [3.8, 4) is 11.4 Å². The summed E-state index contributed by atoms with van der Waals surface area (Å²) in [7, 11) is 0. The standard InChI is InChI=1S/C27H19N3O4S/c1-17-21-24(32)29(19-13-7-3-8-14-19)27(35)30(20-15-9-4-10-16-20)25(21)34-26(33)22(17)28-23(31)18-11-5-2-6-12-18/h2-16H,1H3,(H,28,31). The third-order valence-electron chi connectivity index (χ3n) is 5.66. The Morgan fingerprint density at radius 1 is 0.800 bits per heavy atom. The molecule has 172 valence electrons. The maximum Gasteiger partial charge on any atom is 0.361 e. The SMILES string of the molecule is Cc1c(NC(=O)c2ccccc2)c(=O)oc2c1c(=O)n(-c1ccccc1)c(=S)n2-c1ccccc1. The monoisotopic (exact) mass is 481 g/mol. The Bertz CT molecular complexity index is 1740. The van der Waals surface area contributed by atoms with Crippen LogP contribution in [0.1, 0.15) is 15.9 Å². The molecule has 2 aromatic heterocycles. The number of nitrogens with one attached hydrogen (secondary N) is 1. The normalized spacial score (nSPS) is 10.9. The number of anilines is 1. The van der Waals surface area contributed by atoms with E-state index >= 15 is 0 Å². The molecule has 3 aromatic carbocycles. The second-order valence-corrected chi connectivity index (χ2v) is 8.18. The Balaban J connectivity index is 1.84. The first kappa shape index (κ1) is 22.2. The van der Waals surface area contributed by atoms with Crippen LogP contribution in [0.2, 0.25) is 0 Å². The molecule has 0 aliphatic rings. The van der Waals surface area contributed by atoms with E-state index in [1.165, 1.54) is 4.57 Å². The predicted octanol–water partition coefficient (Wildman–Crippen LogP) is 5.02. The lowest BCUT2D eigenvalue weighted by Gasteiger charge is -2.17. The molecule has 8 heteroatoms. The van der Waals surface area contributed by atoms with Gasteiger partial charge in [-0.3, -0.25) is 18.7 Å². The molecule has 0 saturated heterocycles. The third kappa shape index (κ3) is 3.89. The molecule has 5 aromatic rings. The summed E-state index contributed by atoms with van der Waals surface area (Å²) in [6.07, 6.45) is 0. The topological polar surface area (TPSA) is 86.2 Å². The van der Waals surface area contributed by atoms with E-state index in [9.17, 15) is 14.4 Å². The highest BCUT2D eigenvalue weighted by Crippen LogP contribution is 2.24. The van der Waals surface area contributed by atoms with E-state index in [-0.39, 0.29) is 27.1 Å². The first-order valence-corrected chi connectivity index (χ1v) is 11.2. The largest absolute Gasteiger partial charge is 0.403 e. The lowest BCUT2D eigenvalue weighted by atomic mass is 10.1. The minimum Gasteiger partial charge on any atom is -0.403 e. The van der Waals surface area contributed by atoms with E-state index in [1.54, 1.807) is 78.2 Å². The zero-order valence-electron chi connectivity index (χ0n) is 18.6. The number of carbonyl (C=O) groups is 1. The molecule has 7 nitrogen and oxygen atoms in total. The molecule has 0 aliphatic heterocycles. The number of nitrogens with zero attached hydrogens (tertiary/aromatic N) is 2. The number of hydrogen-bond acceptors (Lipinski definition) is 5. The number of aryl methyl sites for hydroxylation is 1. The Hall–Kier alpha value is -4.56. The van der Waals surface area contributed by atoms with E-state index in [0.717, 1.165) is 0 Å². The summed E-state index contributed by atoms with van der Waals surface area (Å²) in [5.41, 5.74) is 0.516. The van der Waals surface area contributed by atoms with Crippen LogP contribution in [0.4, 0.5) is 5.69 Å². The lowest BCUT2D eigenvalue weighted by Crippen LogP contribution is -2.27. The molecule has 35 heavy (non-hydrogen) atoms. The van der Waals surface area contributed by atoms with Gasteiger partial charge in [0, 0.05) is 5.56 Å². The number of benzene rings is 3. The van der Waals surface area contributed by atoms with Gasteiger partial charge in [0.15, 0.2) is 4.77 Å². The molecule has 0 aliphatic carbocycles. The molecular formula is C27H19N3O4S. The van der Waals surface area contributed by atoms with Crippen LogP contribution >= 0.6 is 12.2 Å². The molecule has 5 rings (SSSR count). The number of para-hydroxylation sites is 2. The van der Waals surface area contributed by atoms with Crippen LogP contribution in [-0.2, 0) is 0 Å². The second kappa shape index (κ2) is 9.00. The predicted molar refractivity (Wildman–Crippen MR) is 137 cm³/mol. The quantitative estimate of drug-likeness (QED) is 0.364. The first-order chi connectivity index (χ1) is 17.0. The van der Waals surface area contributed by atoms with Gasteiger partial charge >= 0.3 is 5.63 Å². The molecule has 1 N–H and O–H groups in total. The number of amides is 1. The number of hydrogen-bond donors (Lipinski definition) is 1. The van der Waals surface area contributed by atoms with Crippen LogP contribution in [0.5, 0.6) is 0 Å². The molecule has 0 saturated carbocycles. The fourth-order valence-electron chi connectivity index (χ4n) is 3.95. The summed E-state index contributed by atoms with van der Waals surface area (Å²) >= 11 is 5.72. The van der Waals surface area contributed by atoms with E-state index in [2.05, 4.69) is 5.32 Å². The number of fused-ring (bicyclic) bond motifs is 1. The van der Waals surface area contributed by atoms with Gasteiger partial charge in [-0.25, -0.2) is 4.79 Å². The van der Waals surface area contributed by atoms with Crippen molar-refractivity contribution in [1.29, 1.82) is 0 Å². The smallest absolute Gasteiger partial charge is 0.361 e. The van der Waals surface area contributed by atoms with Crippen LogP contribution in [0.3, 0.4) is 0 Å². The third-order valence-corrected chi connectivity index (χ3v) is 6.03. The van der Waals surface area contributed by atoms with Gasteiger partial charge in [-0.15, -0.1) is 0 Å². The van der Waals surface area contributed by atoms with Crippen molar-refractivity contribution >= 4 is 34.9 Å². The maximum absolute atomic E-state index is 13.8.